The molecule has 5 aromatic heterocycles. The molecule has 1 fully saturated rings. The van der Waals surface area contributed by atoms with Crippen molar-refractivity contribution in [3.05, 3.63) is 201 Å². The molecule has 6 aromatic carbocycles. The molecular formula is C62H58BCl2N5O2. The van der Waals surface area contributed by atoms with Crippen LogP contribution in [0.25, 0.3) is 76.3 Å². The molecule has 0 aliphatic carbocycles. The highest BCUT2D eigenvalue weighted by Crippen LogP contribution is 2.37. The molecule has 0 spiro atoms. The van der Waals surface area contributed by atoms with Gasteiger partial charge in [0, 0.05) is 72.4 Å². The van der Waals surface area contributed by atoms with E-state index in [0.717, 1.165) is 66.1 Å². The van der Waals surface area contributed by atoms with Crippen molar-refractivity contribution >= 4 is 101 Å². The maximum absolute atomic E-state index is 6.17. The van der Waals surface area contributed by atoms with Crippen LogP contribution in [0, 0.1) is 48.5 Å². The van der Waals surface area contributed by atoms with Gasteiger partial charge in [0.15, 0.2) is 0 Å². The van der Waals surface area contributed by atoms with Gasteiger partial charge in [0.05, 0.1) is 33.4 Å². The van der Waals surface area contributed by atoms with Gasteiger partial charge in [-0.2, -0.15) is 0 Å². The lowest BCUT2D eigenvalue weighted by Crippen LogP contribution is -2.41. The molecule has 12 rings (SSSR count). The van der Waals surface area contributed by atoms with Crippen molar-refractivity contribution in [1.82, 2.24) is 24.9 Å². The number of rotatable bonds is 2. The van der Waals surface area contributed by atoms with Crippen molar-refractivity contribution in [1.29, 1.82) is 0 Å². The Morgan fingerprint density at radius 1 is 0.403 bits per heavy atom. The van der Waals surface area contributed by atoms with E-state index < -0.39 is 0 Å². The summed E-state index contributed by atoms with van der Waals surface area (Å²) in [6, 6.07) is 47.8. The van der Waals surface area contributed by atoms with Gasteiger partial charge in [-0.05, 0) is 156 Å². The summed E-state index contributed by atoms with van der Waals surface area (Å²) in [6.45, 7) is 22.7. The summed E-state index contributed by atoms with van der Waals surface area (Å²) in [5.74, 6) is 0. The van der Waals surface area contributed by atoms with Crippen molar-refractivity contribution in [3.8, 4) is 11.3 Å². The van der Waals surface area contributed by atoms with Crippen LogP contribution in [0.15, 0.2) is 152 Å². The van der Waals surface area contributed by atoms with Crippen molar-refractivity contribution in [2.45, 2.75) is 87.4 Å². The Bertz CT molecular complexity index is 3840. The van der Waals surface area contributed by atoms with Gasteiger partial charge in [-0.1, -0.05) is 126 Å². The van der Waals surface area contributed by atoms with E-state index in [9.17, 15) is 0 Å². The summed E-state index contributed by atoms with van der Waals surface area (Å²) in [4.78, 5) is 22.7. The molecule has 0 saturated carbocycles. The van der Waals surface area contributed by atoms with E-state index in [-0.39, 0.29) is 18.3 Å². The number of benzene rings is 6. The molecule has 0 N–H and O–H groups in total. The number of aryl methyl sites for hydroxylation is 7. The largest absolute Gasteiger partial charge is 0.494 e. The molecule has 11 aromatic rings. The molecule has 7 nitrogen and oxygen atoms in total. The molecule has 1 aliphatic heterocycles. The van der Waals surface area contributed by atoms with Crippen LogP contribution in [0.5, 0.6) is 0 Å². The number of halogens is 2. The summed E-state index contributed by atoms with van der Waals surface area (Å²) in [5.41, 5.74) is 13.4. The molecular weight excluding hydrogens is 928 g/mol. The van der Waals surface area contributed by atoms with Crippen molar-refractivity contribution in [2.24, 2.45) is 0 Å². The summed E-state index contributed by atoms with van der Waals surface area (Å²) >= 11 is 11.6. The van der Waals surface area contributed by atoms with E-state index >= 15 is 0 Å². The zero-order valence-corrected chi connectivity index (χ0v) is 44.3. The molecule has 6 heterocycles. The summed E-state index contributed by atoms with van der Waals surface area (Å²) < 4.78 is 12.3. The van der Waals surface area contributed by atoms with Gasteiger partial charge in [0.1, 0.15) is 5.15 Å². The van der Waals surface area contributed by atoms with Crippen molar-refractivity contribution < 1.29 is 9.31 Å². The Morgan fingerprint density at radius 3 is 1.29 bits per heavy atom. The number of fused-ring (bicyclic) bond motifs is 9. The predicted octanol–water partition coefficient (Wildman–Crippen LogP) is 16.1. The molecule has 0 bridgehead atoms. The maximum atomic E-state index is 6.17. The molecule has 0 unspecified atom stereocenters. The number of hydrogen-bond acceptors (Lipinski definition) is 7. The van der Waals surface area contributed by atoms with Gasteiger partial charge in [-0.15, -0.1) is 0 Å². The fraction of sp³-hybridized carbons (Fsp3) is 0.210. The first-order valence-corrected chi connectivity index (χ1v) is 25.0. The van der Waals surface area contributed by atoms with Crippen LogP contribution in [0.3, 0.4) is 0 Å². The van der Waals surface area contributed by atoms with Gasteiger partial charge in [-0.3, -0.25) is 19.9 Å². The van der Waals surface area contributed by atoms with Crippen molar-refractivity contribution in [2.75, 3.05) is 0 Å². The van der Waals surface area contributed by atoms with Crippen LogP contribution < -0.4 is 5.46 Å². The normalized spacial score (nSPS) is 13.7. The van der Waals surface area contributed by atoms with Crippen LogP contribution in [0.4, 0.5) is 0 Å². The van der Waals surface area contributed by atoms with Gasteiger partial charge in [0.2, 0.25) is 0 Å². The minimum atomic E-state index is -0.354. The minimum absolute atomic E-state index is 0.334. The number of aromatic nitrogens is 5. The van der Waals surface area contributed by atoms with Crippen LogP contribution in [-0.2, 0) is 9.31 Å². The summed E-state index contributed by atoms with van der Waals surface area (Å²) in [5, 5.41) is 12.2. The molecule has 0 amide bonds. The number of pyridine rings is 5. The van der Waals surface area contributed by atoms with Crippen LogP contribution >= 0.6 is 23.2 Å². The Kier molecular flexibility index (Phi) is 14.2. The quantitative estimate of drug-likeness (QED) is 0.0969. The maximum Gasteiger partial charge on any atom is 0.494 e. The van der Waals surface area contributed by atoms with E-state index in [1.807, 2.05) is 57.3 Å². The lowest BCUT2D eigenvalue weighted by atomic mass is 9.78. The average molecular weight is 987 g/mol. The standard InChI is InChI=1S/C21H18N2.C20H22BNO2.C14H10ClN.C7H8ClN/c1-13-10-20(22-12-14(13)2)16-8-9-19-18-7-5-4-6-17(18)15(3)23-21(19)11-16;1-13-15-8-6-7-9-16(15)17-11-10-14(12-18(17)22-13)21-23-19(2,3)20(4,5)24-21;1-9-11-4-2-3-5-12(11)13-7-6-10(15)8-14(13)16-9;1-5-3-7(8)9-4-6(5)2/h4-12H,1-3H3;6-12H,1-5H3;2-8H,1H3;3-4H,1-2H3. The molecule has 0 radical (unpaired) electrons. The van der Waals surface area contributed by atoms with E-state index in [2.05, 4.69) is 180 Å². The second kappa shape index (κ2) is 20.4. The highest BCUT2D eigenvalue weighted by atomic mass is 35.5. The van der Waals surface area contributed by atoms with E-state index in [1.54, 1.807) is 6.20 Å². The molecule has 10 heteroatoms. The second-order valence-electron chi connectivity index (χ2n) is 19.7. The topological polar surface area (TPSA) is 82.9 Å². The Morgan fingerprint density at radius 2 is 0.819 bits per heavy atom. The molecule has 72 heavy (non-hydrogen) atoms. The zero-order chi connectivity index (χ0) is 51.1. The average Bonchev–Trinajstić information content (AvgIpc) is 3.59. The van der Waals surface area contributed by atoms with Crippen LogP contribution in [0.1, 0.15) is 67.0 Å². The van der Waals surface area contributed by atoms with Gasteiger partial charge < -0.3 is 9.31 Å². The monoisotopic (exact) mass is 985 g/mol. The predicted molar refractivity (Wildman–Crippen MR) is 304 cm³/mol. The van der Waals surface area contributed by atoms with Gasteiger partial charge in [0.25, 0.3) is 0 Å². The fourth-order valence-corrected chi connectivity index (χ4v) is 9.41. The number of nitrogens with zero attached hydrogens (tertiary/aromatic N) is 5. The van der Waals surface area contributed by atoms with E-state index in [0.29, 0.717) is 5.15 Å². The van der Waals surface area contributed by atoms with Crippen LogP contribution in [-0.4, -0.2) is 43.2 Å². The Balaban J connectivity index is 0.000000125. The van der Waals surface area contributed by atoms with Crippen molar-refractivity contribution in [3.63, 3.8) is 0 Å². The lowest BCUT2D eigenvalue weighted by Gasteiger charge is -2.32. The minimum Gasteiger partial charge on any atom is -0.399 e. The van der Waals surface area contributed by atoms with Crippen LogP contribution in [0.2, 0.25) is 10.2 Å². The zero-order valence-electron chi connectivity index (χ0n) is 42.8. The smallest absolute Gasteiger partial charge is 0.399 e. The Labute approximate surface area is 432 Å². The summed E-state index contributed by atoms with van der Waals surface area (Å²) in [7, 11) is -0.354. The summed E-state index contributed by atoms with van der Waals surface area (Å²) in [6.07, 6.45) is 3.71. The molecule has 0 atom stereocenters. The fourth-order valence-electron chi connectivity index (χ4n) is 9.03. The first kappa shape index (κ1) is 50.1. The third-order valence-electron chi connectivity index (χ3n) is 14.2. The molecule has 360 valence electrons. The third-order valence-corrected chi connectivity index (χ3v) is 14.6. The highest BCUT2D eigenvalue weighted by molar-refractivity contribution is 6.62. The van der Waals surface area contributed by atoms with Gasteiger partial charge in [-0.25, -0.2) is 4.98 Å². The molecule has 1 saturated heterocycles. The SMILES string of the molecule is Cc1cnc(-c2ccc3c(c2)nc(C)c2ccccc23)cc1C.Cc1cnc(Cl)cc1C.Cc1nc2cc(B3OC(C)(C)C(C)(C)O3)ccc2c2ccccc12.Cc1nc2cc(Cl)ccc2c2ccccc12. The third kappa shape index (κ3) is 10.3. The number of hydrogen-bond donors (Lipinski definition) is 0. The molecule has 1 aliphatic rings. The Hall–Kier alpha value is -6.81. The lowest BCUT2D eigenvalue weighted by molar-refractivity contribution is 0.00578. The first-order valence-electron chi connectivity index (χ1n) is 24.3. The van der Waals surface area contributed by atoms with E-state index in [4.69, 9.17) is 42.5 Å². The second-order valence-corrected chi connectivity index (χ2v) is 20.6. The highest BCUT2D eigenvalue weighted by Gasteiger charge is 2.51. The first-order chi connectivity index (χ1) is 34.4. The van der Waals surface area contributed by atoms with E-state index in [1.165, 1.54) is 60.0 Å². The van der Waals surface area contributed by atoms with Gasteiger partial charge >= 0.3 is 7.12 Å².